The molecular weight excluding hydrogens is 214 g/mol. The van der Waals surface area contributed by atoms with Crippen LogP contribution in [0, 0.1) is 11.8 Å². The number of carbonyl (C=O) groups excluding carboxylic acids is 1. The average molecular weight is 239 g/mol. The molecular formula is C13H25N3O. The van der Waals surface area contributed by atoms with E-state index in [1.54, 1.807) is 0 Å². The van der Waals surface area contributed by atoms with Crippen LogP contribution in [0.3, 0.4) is 0 Å². The molecule has 0 aliphatic carbocycles. The van der Waals surface area contributed by atoms with Gasteiger partial charge in [-0.25, -0.2) is 0 Å². The Morgan fingerprint density at radius 1 is 1.18 bits per heavy atom. The van der Waals surface area contributed by atoms with Gasteiger partial charge < -0.3 is 10.6 Å². The van der Waals surface area contributed by atoms with E-state index >= 15 is 0 Å². The number of piperidine rings is 1. The van der Waals surface area contributed by atoms with E-state index in [0.29, 0.717) is 30.3 Å². The van der Waals surface area contributed by atoms with E-state index in [2.05, 4.69) is 18.7 Å². The third-order valence-corrected chi connectivity index (χ3v) is 4.33. The molecule has 4 heteroatoms. The fourth-order valence-corrected chi connectivity index (χ4v) is 2.74. The highest BCUT2D eigenvalue weighted by atomic mass is 16.2. The Bertz CT molecular complexity index is 264. The highest BCUT2D eigenvalue weighted by molar-refractivity contribution is 5.78. The van der Waals surface area contributed by atoms with Crippen LogP contribution in [0.15, 0.2) is 0 Å². The zero-order valence-electron chi connectivity index (χ0n) is 11.1. The Balaban J connectivity index is 1.78. The molecule has 2 atom stereocenters. The van der Waals surface area contributed by atoms with Crippen molar-refractivity contribution in [2.24, 2.45) is 17.6 Å². The minimum Gasteiger partial charge on any atom is -0.341 e. The summed E-state index contributed by atoms with van der Waals surface area (Å²) in [5.41, 5.74) is 5.86. The summed E-state index contributed by atoms with van der Waals surface area (Å²) in [5, 5.41) is 0. The normalized spacial score (nSPS) is 32.1. The first-order valence-corrected chi connectivity index (χ1v) is 6.82. The molecule has 0 saturated carbocycles. The second-order valence-corrected chi connectivity index (χ2v) is 5.87. The summed E-state index contributed by atoms with van der Waals surface area (Å²) in [7, 11) is 0. The van der Waals surface area contributed by atoms with Crippen molar-refractivity contribution in [3.05, 3.63) is 0 Å². The summed E-state index contributed by atoms with van der Waals surface area (Å²) in [5.74, 6) is 1.60. The first-order chi connectivity index (χ1) is 8.06. The lowest BCUT2D eigenvalue weighted by molar-refractivity contribution is -0.131. The molecule has 2 aliphatic heterocycles. The van der Waals surface area contributed by atoms with Crippen molar-refractivity contribution in [2.45, 2.75) is 32.7 Å². The van der Waals surface area contributed by atoms with E-state index in [0.717, 1.165) is 39.0 Å². The molecule has 17 heavy (non-hydrogen) atoms. The van der Waals surface area contributed by atoms with Crippen LogP contribution in [-0.4, -0.2) is 54.5 Å². The fourth-order valence-electron chi connectivity index (χ4n) is 2.74. The Hall–Kier alpha value is -0.610. The highest BCUT2D eigenvalue weighted by Crippen LogP contribution is 2.22. The fraction of sp³-hybridized carbons (Fsp3) is 0.923. The highest BCUT2D eigenvalue weighted by Gasteiger charge is 2.30. The number of rotatable bonds is 2. The molecule has 2 rings (SSSR count). The molecule has 0 aromatic rings. The van der Waals surface area contributed by atoms with Crippen molar-refractivity contribution in [1.29, 1.82) is 0 Å². The molecule has 98 valence electrons. The van der Waals surface area contributed by atoms with Gasteiger partial charge in [0.15, 0.2) is 0 Å². The van der Waals surface area contributed by atoms with E-state index < -0.39 is 0 Å². The summed E-state index contributed by atoms with van der Waals surface area (Å²) in [6.07, 6.45) is 2.06. The van der Waals surface area contributed by atoms with E-state index in [1.807, 2.05) is 4.90 Å². The van der Waals surface area contributed by atoms with Gasteiger partial charge in [-0.1, -0.05) is 13.8 Å². The molecule has 2 unspecified atom stereocenters. The van der Waals surface area contributed by atoms with Crippen LogP contribution >= 0.6 is 0 Å². The third kappa shape index (κ3) is 3.19. The standard InChI is InChI=1S/C13H25N3O/c1-10-7-16(8-11(10)2)13(17)9-15-5-3-12(14)4-6-15/h10-12H,3-9,14H2,1-2H3. The molecule has 2 saturated heterocycles. The van der Waals surface area contributed by atoms with Crippen LogP contribution in [0.25, 0.3) is 0 Å². The van der Waals surface area contributed by atoms with E-state index in [-0.39, 0.29) is 0 Å². The zero-order valence-corrected chi connectivity index (χ0v) is 11.1. The van der Waals surface area contributed by atoms with Gasteiger partial charge in [0.05, 0.1) is 6.54 Å². The first kappa shape index (κ1) is 12.8. The minimum atomic E-state index is 0.302. The first-order valence-electron chi connectivity index (χ1n) is 6.82. The van der Waals surface area contributed by atoms with E-state index in [1.165, 1.54) is 0 Å². The van der Waals surface area contributed by atoms with Crippen molar-refractivity contribution >= 4 is 5.91 Å². The molecule has 0 radical (unpaired) electrons. The van der Waals surface area contributed by atoms with Crippen molar-refractivity contribution in [2.75, 3.05) is 32.7 Å². The molecule has 0 aromatic heterocycles. The van der Waals surface area contributed by atoms with Gasteiger partial charge in [0.1, 0.15) is 0 Å². The summed E-state index contributed by atoms with van der Waals surface area (Å²) in [6, 6.07) is 0.341. The van der Waals surface area contributed by atoms with Gasteiger partial charge in [0.2, 0.25) is 5.91 Å². The minimum absolute atomic E-state index is 0.302. The largest absolute Gasteiger partial charge is 0.341 e. The Morgan fingerprint density at radius 3 is 2.24 bits per heavy atom. The lowest BCUT2D eigenvalue weighted by Crippen LogP contribution is -2.45. The molecule has 0 spiro atoms. The number of carbonyl (C=O) groups is 1. The molecule has 1 amide bonds. The zero-order chi connectivity index (χ0) is 12.4. The Kier molecular flexibility index (Phi) is 4.05. The van der Waals surface area contributed by atoms with Crippen molar-refractivity contribution in [3.8, 4) is 0 Å². The summed E-state index contributed by atoms with van der Waals surface area (Å²) in [6.45, 7) is 8.89. The van der Waals surface area contributed by atoms with Crippen molar-refractivity contribution < 1.29 is 4.79 Å². The second-order valence-electron chi connectivity index (χ2n) is 5.87. The van der Waals surface area contributed by atoms with Crippen LogP contribution in [0.5, 0.6) is 0 Å². The predicted octanol–water partition coefficient (Wildman–Crippen LogP) is 0.524. The molecule has 2 heterocycles. The topological polar surface area (TPSA) is 49.6 Å². The summed E-state index contributed by atoms with van der Waals surface area (Å²) >= 11 is 0. The molecule has 2 N–H and O–H groups in total. The van der Waals surface area contributed by atoms with Gasteiger partial charge in [-0.15, -0.1) is 0 Å². The van der Waals surface area contributed by atoms with Crippen molar-refractivity contribution in [3.63, 3.8) is 0 Å². The van der Waals surface area contributed by atoms with Crippen LogP contribution in [0.4, 0.5) is 0 Å². The SMILES string of the molecule is CC1CN(C(=O)CN2CCC(N)CC2)CC1C. The molecule has 0 bridgehead atoms. The van der Waals surface area contributed by atoms with Gasteiger partial charge in [0, 0.05) is 32.2 Å². The second kappa shape index (κ2) is 5.36. The smallest absolute Gasteiger partial charge is 0.236 e. The third-order valence-electron chi connectivity index (χ3n) is 4.33. The maximum Gasteiger partial charge on any atom is 0.236 e. The van der Waals surface area contributed by atoms with Crippen molar-refractivity contribution in [1.82, 2.24) is 9.80 Å². The number of likely N-dealkylation sites (tertiary alicyclic amines) is 2. The van der Waals surface area contributed by atoms with Crippen LogP contribution < -0.4 is 5.73 Å². The van der Waals surface area contributed by atoms with Gasteiger partial charge in [-0.2, -0.15) is 0 Å². The van der Waals surface area contributed by atoms with E-state index in [9.17, 15) is 4.79 Å². The average Bonchev–Trinajstić information content (AvgIpc) is 2.63. The molecule has 2 aliphatic rings. The van der Waals surface area contributed by atoms with E-state index in [4.69, 9.17) is 5.73 Å². The van der Waals surface area contributed by atoms with Crippen LogP contribution in [0.1, 0.15) is 26.7 Å². The summed E-state index contributed by atoms with van der Waals surface area (Å²) < 4.78 is 0. The number of nitrogens with zero attached hydrogens (tertiary/aromatic N) is 2. The lowest BCUT2D eigenvalue weighted by Gasteiger charge is -2.30. The van der Waals surface area contributed by atoms with Crippen LogP contribution in [0.2, 0.25) is 0 Å². The lowest BCUT2D eigenvalue weighted by atomic mass is 10.0. The number of hydrogen-bond acceptors (Lipinski definition) is 3. The number of nitrogens with two attached hydrogens (primary N) is 1. The van der Waals surface area contributed by atoms with Gasteiger partial charge in [-0.05, 0) is 24.7 Å². The maximum absolute atomic E-state index is 12.1. The molecule has 2 fully saturated rings. The molecule has 4 nitrogen and oxygen atoms in total. The molecule has 0 aromatic carbocycles. The predicted molar refractivity (Wildman–Crippen MR) is 68.6 cm³/mol. The van der Waals surface area contributed by atoms with Gasteiger partial charge in [-0.3, -0.25) is 9.69 Å². The Morgan fingerprint density at radius 2 is 1.71 bits per heavy atom. The Labute approximate surface area is 104 Å². The van der Waals surface area contributed by atoms with Gasteiger partial charge in [0.25, 0.3) is 0 Å². The maximum atomic E-state index is 12.1. The quantitative estimate of drug-likeness (QED) is 0.764. The summed E-state index contributed by atoms with van der Waals surface area (Å²) in [4.78, 5) is 16.4. The number of hydrogen-bond donors (Lipinski definition) is 1. The van der Waals surface area contributed by atoms with Crippen LogP contribution in [-0.2, 0) is 4.79 Å². The van der Waals surface area contributed by atoms with Gasteiger partial charge >= 0.3 is 0 Å². The number of amides is 1. The monoisotopic (exact) mass is 239 g/mol.